The number of unbranched alkanes of at least 4 members (excludes halogenated alkanes) is 2. The van der Waals surface area contributed by atoms with Crippen LogP contribution in [0, 0.1) is 13.8 Å². The van der Waals surface area contributed by atoms with Gasteiger partial charge >= 0.3 is 0 Å². The van der Waals surface area contributed by atoms with Gasteiger partial charge in [0.05, 0.1) is 10.6 Å². The minimum absolute atomic E-state index is 0.00642. The van der Waals surface area contributed by atoms with E-state index >= 15 is 0 Å². The summed E-state index contributed by atoms with van der Waals surface area (Å²) in [7, 11) is -7.10. The van der Waals surface area contributed by atoms with Crippen LogP contribution >= 0.6 is 0 Å². The van der Waals surface area contributed by atoms with E-state index in [0.717, 1.165) is 18.4 Å². The number of carbonyl (C=O) groups is 1. The minimum Gasteiger partial charge on any atom is -0.354 e. The Balaban J connectivity index is 2.46. The summed E-state index contributed by atoms with van der Waals surface area (Å²) in [5, 5.41) is 2.43. The molecule has 0 fully saturated rings. The zero-order valence-corrected chi connectivity index (χ0v) is 17.2. The average Bonchev–Trinajstić information content (AvgIpc) is 2.53. The minimum atomic E-state index is -3.68. The van der Waals surface area contributed by atoms with Gasteiger partial charge in [0.25, 0.3) is 0 Å². The molecule has 1 aromatic rings. The van der Waals surface area contributed by atoms with Gasteiger partial charge in [-0.3, -0.25) is 4.79 Å². The Labute approximate surface area is 156 Å². The smallest absolute Gasteiger partial charge is 0.240 e. The summed E-state index contributed by atoms with van der Waals surface area (Å²) in [5.74, 6) is -1.19. The molecule has 0 atom stereocenters. The van der Waals surface area contributed by atoms with E-state index in [4.69, 9.17) is 0 Å². The third kappa shape index (κ3) is 7.84. The maximum Gasteiger partial charge on any atom is 0.240 e. The van der Waals surface area contributed by atoms with Gasteiger partial charge < -0.3 is 5.32 Å². The van der Waals surface area contributed by atoms with Crippen molar-refractivity contribution in [1.82, 2.24) is 10.0 Å². The first-order chi connectivity index (χ1) is 12.1. The summed E-state index contributed by atoms with van der Waals surface area (Å²) in [5.41, 5.74) is 1.46. The number of sulfonamides is 1. The van der Waals surface area contributed by atoms with Crippen LogP contribution in [0.15, 0.2) is 23.1 Å². The van der Waals surface area contributed by atoms with E-state index in [0.29, 0.717) is 12.0 Å². The lowest BCUT2D eigenvalue weighted by Gasteiger charge is -2.11. The van der Waals surface area contributed by atoms with Gasteiger partial charge in [-0.15, -0.1) is 0 Å². The van der Waals surface area contributed by atoms with Crippen molar-refractivity contribution in [2.24, 2.45) is 0 Å². The zero-order chi connectivity index (χ0) is 19.8. The molecule has 26 heavy (non-hydrogen) atoms. The van der Waals surface area contributed by atoms with Gasteiger partial charge in [0.2, 0.25) is 15.9 Å². The first-order valence-corrected chi connectivity index (χ1v) is 11.9. The molecule has 148 valence electrons. The topological polar surface area (TPSA) is 109 Å². The molecule has 0 aliphatic heterocycles. The Morgan fingerprint density at radius 2 is 1.73 bits per heavy atom. The number of aryl methyl sites for hydroxylation is 2. The standard InChI is InChI=1S/C17H28N2O5S2/c1-4-5-6-11-25(21,22)13-17(20)18-9-10-19-26(23,24)16-12-14(2)7-8-15(16)3/h7-8,12,19H,4-6,9-11,13H2,1-3H3,(H,18,20). The Kier molecular flexibility index (Phi) is 8.72. The van der Waals surface area contributed by atoms with E-state index in [2.05, 4.69) is 10.0 Å². The van der Waals surface area contributed by atoms with E-state index < -0.39 is 31.5 Å². The van der Waals surface area contributed by atoms with Gasteiger partial charge in [-0.1, -0.05) is 31.9 Å². The Bertz CT molecular complexity index is 818. The molecule has 0 bridgehead atoms. The van der Waals surface area contributed by atoms with Crippen LogP contribution in [0.1, 0.15) is 37.3 Å². The van der Waals surface area contributed by atoms with Crippen molar-refractivity contribution < 1.29 is 21.6 Å². The Morgan fingerprint density at radius 3 is 2.38 bits per heavy atom. The fourth-order valence-corrected chi connectivity index (χ4v) is 5.01. The van der Waals surface area contributed by atoms with Gasteiger partial charge in [-0.25, -0.2) is 21.6 Å². The monoisotopic (exact) mass is 404 g/mol. The summed E-state index contributed by atoms with van der Waals surface area (Å²) in [6, 6.07) is 5.14. The summed E-state index contributed by atoms with van der Waals surface area (Å²) in [6.07, 6.45) is 2.25. The number of amides is 1. The molecule has 0 aliphatic carbocycles. The van der Waals surface area contributed by atoms with Crippen molar-refractivity contribution in [2.75, 3.05) is 24.6 Å². The molecule has 0 saturated heterocycles. The van der Waals surface area contributed by atoms with Crippen molar-refractivity contribution in [1.29, 1.82) is 0 Å². The summed E-state index contributed by atoms with van der Waals surface area (Å²) in [4.78, 5) is 11.9. The number of hydrogen-bond donors (Lipinski definition) is 2. The maximum atomic E-state index is 12.3. The zero-order valence-electron chi connectivity index (χ0n) is 15.5. The van der Waals surface area contributed by atoms with Gasteiger partial charge in [0.15, 0.2) is 9.84 Å². The Hall–Kier alpha value is -1.45. The number of nitrogens with one attached hydrogen (secondary N) is 2. The third-order valence-corrected chi connectivity index (χ3v) is 7.00. The number of hydrogen-bond acceptors (Lipinski definition) is 5. The van der Waals surface area contributed by atoms with Gasteiger partial charge in [-0.05, 0) is 37.5 Å². The van der Waals surface area contributed by atoms with E-state index in [-0.39, 0.29) is 23.7 Å². The molecule has 0 radical (unpaired) electrons. The van der Waals surface area contributed by atoms with Crippen molar-refractivity contribution >= 4 is 25.8 Å². The highest BCUT2D eigenvalue weighted by molar-refractivity contribution is 7.92. The quantitative estimate of drug-likeness (QED) is 0.540. The molecule has 2 N–H and O–H groups in total. The highest BCUT2D eigenvalue weighted by Gasteiger charge is 2.18. The van der Waals surface area contributed by atoms with Crippen LogP contribution in [0.2, 0.25) is 0 Å². The van der Waals surface area contributed by atoms with E-state index in [1.165, 1.54) is 0 Å². The van der Waals surface area contributed by atoms with Crippen molar-refractivity contribution in [3.8, 4) is 0 Å². The second-order valence-corrected chi connectivity index (χ2v) is 10.2. The van der Waals surface area contributed by atoms with E-state index in [1.807, 2.05) is 13.0 Å². The van der Waals surface area contributed by atoms with Crippen molar-refractivity contribution in [3.05, 3.63) is 29.3 Å². The second kappa shape index (κ2) is 10.0. The lowest BCUT2D eigenvalue weighted by Crippen LogP contribution is -2.37. The van der Waals surface area contributed by atoms with Crippen LogP contribution in [-0.2, 0) is 24.7 Å². The largest absolute Gasteiger partial charge is 0.354 e. The molecular formula is C17H28N2O5S2. The lowest BCUT2D eigenvalue weighted by atomic mass is 10.2. The third-order valence-electron chi connectivity index (χ3n) is 3.78. The summed E-state index contributed by atoms with van der Waals surface area (Å²) >= 11 is 0. The Morgan fingerprint density at radius 1 is 1.04 bits per heavy atom. The summed E-state index contributed by atoms with van der Waals surface area (Å²) < 4.78 is 50.6. The fourth-order valence-electron chi connectivity index (χ4n) is 2.36. The van der Waals surface area contributed by atoms with Crippen LogP contribution in [0.5, 0.6) is 0 Å². The molecule has 7 nitrogen and oxygen atoms in total. The van der Waals surface area contributed by atoms with Crippen LogP contribution in [0.3, 0.4) is 0 Å². The first kappa shape index (κ1) is 22.6. The van der Waals surface area contributed by atoms with Crippen molar-refractivity contribution in [3.63, 3.8) is 0 Å². The lowest BCUT2D eigenvalue weighted by molar-refractivity contribution is -0.118. The van der Waals surface area contributed by atoms with E-state index in [9.17, 15) is 21.6 Å². The number of sulfone groups is 1. The normalized spacial score (nSPS) is 12.1. The van der Waals surface area contributed by atoms with Gasteiger partial charge in [0, 0.05) is 13.1 Å². The molecule has 0 aromatic heterocycles. The molecule has 0 saturated carbocycles. The number of carbonyl (C=O) groups excluding carboxylic acids is 1. The number of rotatable bonds is 11. The molecular weight excluding hydrogens is 376 g/mol. The van der Waals surface area contributed by atoms with Crippen LogP contribution in [0.25, 0.3) is 0 Å². The van der Waals surface area contributed by atoms with Crippen LogP contribution in [-0.4, -0.2) is 47.3 Å². The molecule has 0 aliphatic rings. The molecule has 0 unspecified atom stereocenters. The fraction of sp³-hybridized carbons (Fsp3) is 0.588. The predicted molar refractivity (Wildman–Crippen MR) is 102 cm³/mol. The summed E-state index contributed by atoms with van der Waals surface area (Å²) in [6.45, 7) is 5.49. The number of benzene rings is 1. The molecule has 1 rings (SSSR count). The molecule has 0 heterocycles. The van der Waals surface area contributed by atoms with Crippen LogP contribution < -0.4 is 10.0 Å². The van der Waals surface area contributed by atoms with Gasteiger partial charge in [-0.2, -0.15) is 0 Å². The van der Waals surface area contributed by atoms with Crippen LogP contribution in [0.4, 0.5) is 0 Å². The van der Waals surface area contributed by atoms with Gasteiger partial charge in [0.1, 0.15) is 5.75 Å². The van der Waals surface area contributed by atoms with E-state index in [1.54, 1.807) is 26.0 Å². The molecule has 0 spiro atoms. The second-order valence-electron chi connectivity index (χ2n) is 6.32. The average molecular weight is 405 g/mol. The highest BCUT2D eigenvalue weighted by Crippen LogP contribution is 2.16. The highest BCUT2D eigenvalue weighted by atomic mass is 32.2. The molecule has 9 heteroatoms. The molecule has 1 amide bonds. The SMILES string of the molecule is CCCCCS(=O)(=O)CC(=O)NCCNS(=O)(=O)c1cc(C)ccc1C. The first-order valence-electron chi connectivity index (χ1n) is 8.61. The maximum absolute atomic E-state index is 12.3. The van der Waals surface area contributed by atoms with Crippen molar-refractivity contribution in [2.45, 2.75) is 44.9 Å². The molecule has 1 aromatic carbocycles. The predicted octanol–water partition coefficient (Wildman–Crippen LogP) is 1.30.